The summed E-state index contributed by atoms with van der Waals surface area (Å²) in [6.45, 7) is 6.01. The Morgan fingerprint density at radius 1 is 1.30 bits per heavy atom. The van der Waals surface area contributed by atoms with Crippen LogP contribution in [0.4, 0.5) is 0 Å². The van der Waals surface area contributed by atoms with Crippen LogP contribution in [0, 0.1) is 11.8 Å². The Labute approximate surface area is 136 Å². The van der Waals surface area contributed by atoms with Gasteiger partial charge in [0.1, 0.15) is 13.2 Å². The molecule has 1 N–H and O–H groups in total. The molecule has 1 aromatic rings. The molecule has 2 unspecified atom stereocenters. The van der Waals surface area contributed by atoms with Crippen LogP contribution in [0.25, 0.3) is 0 Å². The van der Waals surface area contributed by atoms with E-state index in [1.807, 2.05) is 12.1 Å². The van der Waals surface area contributed by atoms with E-state index < -0.39 is 0 Å². The highest BCUT2D eigenvalue weighted by atomic mass is 16.6. The van der Waals surface area contributed by atoms with Crippen molar-refractivity contribution >= 4 is 5.91 Å². The van der Waals surface area contributed by atoms with Crippen molar-refractivity contribution in [2.45, 2.75) is 25.8 Å². The molecule has 3 aliphatic rings. The summed E-state index contributed by atoms with van der Waals surface area (Å²) in [5.41, 5.74) is 1.10. The van der Waals surface area contributed by atoms with E-state index in [4.69, 9.17) is 9.47 Å². The van der Waals surface area contributed by atoms with E-state index in [-0.39, 0.29) is 17.9 Å². The summed E-state index contributed by atoms with van der Waals surface area (Å²) in [6, 6.07) is 6.15. The van der Waals surface area contributed by atoms with Gasteiger partial charge < -0.3 is 19.7 Å². The van der Waals surface area contributed by atoms with Gasteiger partial charge in [0.25, 0.3) is 0 Å². The minimum atomic E-state index is 0.0913. The molecule has 0 spiro atoms. The number of likely N-dealkylation sites (tertiary alicyclic amines) is 1. The van der Waals surface area contributed by atoms with Crippen LogP contribution >= 0.6 is 0 Å². The van der Waals surface area contributed by atoms with Gasteiger partial charge in [-0.25, -0.2) is 0 Å². The van der Waals surface area contributed by atoms with Crippen LogP contribution in [-0.2, 0) is 4.79 Å². The summed E-state index contributed by atoms with van der Waals surface area (Å²) < 4.78 is 11.6. The Morgan fingerprint density at radius 3 is 2.91 bits per heavy atom. The van der Waals surface area contributed by atoms with Crippen molar-refractivity contribution in [1.82, 2.24) is 10.2 Å². The SMILES string of the molecule is CC(C(=O)N1CCCC1c1cccc2c1OCCO2)C1CNC1. The van der Waals surface area contributed by atoms with Crippen molar-refractivity contribution in [3.05, 3.63) is 23.8 Å². The predicted molar refractivity (Wildman–Crippen MR) is 86.6 cm³/mol. The van der Waals surface area contributed by atoms with E-state index in [2.05, 4.69) is 23.2 Å². The second kappa shape index (κ2) is 6.04. The molecule has 4 rings (SSSR count). The van der Waals surface area contributed by atoms with Gasteiger partial charge in [-0.2, -0.15) is 0 Å². The fourth-order valence-electron chi connectivity index (χ4n) is 3.84. The number of carbonyl (C=O) groups excluding carboxylic acids is 1. The quantitative estimate of drug-likeness (QED) is 0.926. The van der Waals surface area contributed by atoms with Gasteiger partial charge in [0, 0.05) is 18.0 Å². The topological polar surface area (TPSA) is 50.8 Å². The van der Waals surface area contributed by atoms with Crippen LogP contribution in [0.15, 0.2) is 18.2 Å². The lowest BCUT2D eigenvalue weighted by Crippen LogP contribution is -2.50. The average Bonchev–Trinajstić information content (AvgIpc) is 3.01. The van der Waals surface area contributed by atoms with E-state index in [9.17, 15) is 4.79 Å². The second-order valence-corrected chi connectivity index (χ2v) is 6.77. The summed E-state index contributed by atoms with van der Waals surface area (Å²) in [4.78, 5) is 15.0. The van der Waals surface area contributed by atoms with Crippen LogP contribution in [0.2, 0.25) is 0 Å². The maximum Gasteiger partial charge on any atom is 0.226 e. The molecule has 124 valence electrons. The van der Waals surface area contributed by atoms with Crippen molar-refractivity contribution < 1.29 is 14.3 Å². The summed E-state index contributed by atoms with van der Waals surface area (Å²) in [5.74, 6) is 2.50. The van der Waals surface area contributed by atoms with Crippen LogP contribution in [0.1, 0.15) is 31.4 Å². The van der Waals surface area contributed by atoms with Crippen molar-refractivity contribution in [3.63, 3.8) is 0 Å². The molecule has 3 heterocycles. The zero-order valence-electron chi connectivity index (χ0n) is 13.6. The van der Waals surface area contributed by atoms with Gasteiger partial charge in [0.05, 0.1) is 6.04 Å². The Balaban J connectivity index is 1.59. The zero-order valence-corrected chi connectivity index (χ0v) is 13.6. The fraction of sp³-hybridized carbons (Fsp3) is 0.611. The molecule has 2 atom stereocenters. The molecular weight excluding hydrogens is 292 g/mol. The highest BCUT2D eigenvalue weighted by Crippen LogP contribution is 2.43. The number of rotatable bonds is 3. The van der Waals surface area contributed by atoms with Gasteiger partial charge >= 0.3 is 0 Å². The lowest BCUT2D eigenvalue weighted by Gasteiger charge is -2.36. The molecular formula is C18H24N2O3. The van der Waals surface area contributed by atoms with Crippen LogP contribution in [0.5, 0.6) is 11.5 Å². The molecule has 0 radical (unpaired) electrons. The second-order valence-electron chi connectivity index (χ2n) is 6.77. The Hall–Kier alpha value is -1.75. The monoisotopic (exact) mass is 316 g/mol. The van der Waals surface area contributed by atoms with E-state index in [0.717, 1.165) is 49.5 Å². The number of nitrogens with zero attached hydrogens (tertiary/aromatic N) is 1. The maximum atomic E-state index is 13.0. The van der Waals surface area contributed by atoms with Crippen LogP contribution in [0.3, 0.4) is 0 Å². The number of fused-ring (bicyclic) bond motifs is 1. The van der Waals surface area contributed by atoms with E-state index in [0.29, 0.717) is 19.1 Å². The van der Waals surface area contributed by atoms with Gasteiger partial charge in [0.2, 0.25) is 5.91 Å². The van der Waals surface area contributed by atoms with E-state index in [1.54, 1.807) is 0 Å². The van der Waals surface area contributed by atoms with Crippen LogP contribution < -0.4 is 14.8 Å². The highest BCUT2D eigenvalue weighted by molar-refractivity contribution is 5.80. The first-order valence-corrected chi connectivity index (χ1v) is 8.65. The number of benzene rings is 1. The normalized spacial score (nSPS) is 25.1. The molecule has 2 fully saturated rings. The number of hydrogen-bond donors (Lipinski definition) is 1. The third-order valence-corrected chi connectivity index (χ3v) is 5.40. The Bertz CT molecular complexity index is 600. The molecule has 2 saturated heterocycles. The largest absolute Gasteiger partial charge is 0.486 e. The molecule has 1 aromatic carbocycles. The van der Waals surface area contributed by atoms with Gasteiger partial charge in [-0.3, -0.25) is 4.79 Å². The summed E-state index contributed by atoms with van der Waals surface area (Å²) in [7, 11) is 0. The predicted octanol–water partition coefficient (Wildman–Crippen LogP) is 1.98. The minimum Gasteiger partial charge on any atom is -0.486 e. The lowest BCUT2D eigenvalue weighted by atomic mass is 9.87. The molecule has 0 aromatic heterocycles. The first-order valence-electron chi connectivity index (χ1n) is 8.65. The van der Waals surface area contributed by atoms with Crippen molar-refractivity contribution in [3.8, 4) is 11.5 Å². The number of ether oxygens (including phenoxy) is 2. The highest BCUT2D eigenvalue weighted by Gasteiger charge is 2.38. The molecule has 0 saturated carbocycles. The Kier molecular flexibility index (Phi) is 3.89. The van der Waals surface area contributed by atoms with Crippen molar-refractivity contribution in [1.29, 1.82) is 0 Å². The number of nitrogens with one attached hydrogen (secondary N) is 1. The van der Waals surface area contributed by atoms with Gasteiger partial charge in [-0.1, -0.05) is 19.1 Å². The third-order valence-electron chi connectivity index (χ3n) is 5.40. The van der Waals surface area contributed by atoms with Gasteiger partial charge in [0.15, 0.2) is 11.5 Å². The number of hydrogen-bond acceptors (Lipinski definition) is 4. The first-order chi connectivity index (χ1) is 11.3. The summed E-state index contributed by atoms with van der Waals surface area (Å²) in [6.07, 6.45) is 2.05. The Morgan fingerprint density at radius 2 is 2.13 bits per heavy atom. The van der Waals surface area contributed by atoms with Crippen molar-refractivity contribution in [2.75, 3.05) is 32.8 Å². The number of carbonyl (C=O) groups is 1. The minimum absolute atomic E-state index is 0.0913. The van der Waals surface area contributed by atoms with E-state index in [1.165, 1.54) is 0 Å². The molecule has 0 aliphatic carbocycles. The van der Waals surface area contributed by atoms with Gasteiger partial charge in [-0.15, -0.1) is 0 Å². The maximum absolute atomic E-state index is 13.0. The third kappa shape index (κ3) is 2.57. The first kappa shape index (κ1) is 14.8. The lowest BCUT2D eigenvalue weighted by molar-refractivity contribution is -0.138. The average molecular weight is 316 g/mol. The smallest absolute Gasteiger partial charge is 0.226 e. The zero-order chi connectivity index (χ0) is 15.8. The number of amides is 1. The standard InChI is InChI=1S/C18H24N2O3/c1-12(13-10-19-11-13)18(21)20-7-3-5-15(20)14-4-2-6-16-17(14)23-9-8-22-16/h2,4,6,12-13,15,19H,3,5,7-11H2,1H3. The fourth-order valence-corrected chi connectivity index (χ4v) is 3.84. The molecule has 23 heavy (non-hydrogen) atoms. The molecule has 0 bridgehead atoms. The number of para-hydroxylation sites is 1. The molecule has 5 nitrogen and oxygen atoms in total. The van der Waals surface area contributed by atoms with Gasteiger partial charge in [-0.05, 0) is 37.9 Å². The van der Waals surface area contributed by atoms with Crippen LogP contribution in [-0.4, -0.2) is 43.7 Å². The summed E-state index contributed by atoms with van der Waals surface area (Å²) in [5, 5.41) is 3.26. The van der Waals surface area contributed by atoms with Crippen molar-refractivity contribution in [2.24, 2.45) is 11.8 Å². The molecule has 3 aliphatic heterocycles. The molecule has 5 heteroatoms. The van der Waals surface area contributed by atoms with E-state index >= 15 is 0 Å². The summed E-state index contributed by atoms with van der Waals surface area (Å²) >= 11 is 0. The molecule has 1 amide bonds.